The van der Waals surface area contributed by atoms with E-state index in [1.165, 1.54) is 32.1 Å². The van der Waals surface area contributed by atoms with Gasteiger partial charge in [-0.1, -0.05) is 33.1 Å². The standard InChI is InChI=1S/C19H38N4O/c1-4-17-7-6-8-18(13-17)22-19(20-5-2)21-14-16(3)15-23-9-11-24-12-10-23/h16-18H,4-15H2,1-3H3,(H2,20,21,22). The van der Waals surface area contributed by atoms with Crippen LogP contribution in [0, 0.1) is 11.8 Å². The van der Waals surface area contributed by atoms with Gasteiger partial charge in [0.15, 0.2) is 5.96 Å². The maximum atomic E-state index is 5.42. The van der Waals surface area contributed by atoms with Crippen molar-refractivity contribution < 1.29 is 4.74 Å². The van der Waals surface area contributed by atoms with Gasteiger partial charge in [0.2, 0.25) is 0 Å². The molecule has 1 aliphatic carbocycles. The third kappa shape index (κ3) is 6.98. The molecule has 0 aromatic heterocycles. The molecule has 2 aliphatic rings. The quantitative estimate of drug-likeness (QED) is 0.553. The molecule has 1 aliphatic heterocycles. The summed E-state index contributed by atoms with van der Waals surface area (Å²) >= 11 is 0. The molecule has 0 spiro atoms. The van der Waals surface area contributed by atoms with E-state index < -0.39 is 0 Å². The van der Waals surface area contributed by atoms with Crippen molar-refractivity contribution in [2.24, 2.45) is 16.8 Å². The highest BCUT2D eigenvalue weighted by Gasteiger charge is 2.21. The zero-order chi connectivity index (χ0) is 17.2. The molecule has 2 rings (SSSR count). The van der Waals surface area contributed by atoms with Gasteiger partial charge in [0.05, 0.1) is 13.2 Å². The van der Waals surface area contributed by atoms with Crippen molar-refractivity contribution in [2.75, 3.05) is 45.9 Å². The molecule has 140 valence electrons. The van der Waals surface area contributed by atoms with Crippen molar-refractivity contribution in [1.82, 2.24) is 15.5 Å². The topological polar surface area (TPSA) is 48.9 Å². The highest BCUT2D eigenvalue weighted by Crippen LogP contribution is 2.26. The van der Waals surface area contributed by atoms with E-state index in [2.05, 4.69) is 36.3 Å². The summed E-state index contributed by atoms with van der Waals surface area (Å²) < 4.78 is 5.42. The first-order chi connectivity index (χ1) is 11.7. The van der Waals surface area contributed by atoms with E-state index in [4.69, 9.17) is 9.73 Å². The van der Waals surface area contributed by atoms with Crippen LogP contribution in [0.4, 0.5) is 0 Å². The van der Waals surface area contributed by atoms with E-state index in [9.17, 15) is 0 Å². The van der Waals surface area contributed by atoms with Crippen LogP contribution in [0.2, 0.25) is 0 Å². The van der Waals surface area contributed by atoms with Gasteiger partial charge < -0.3 is 15.4 Å². The average molecular weight is 339 g/mol. The van der Waals surface area contributed by atoms with E-state index >= 15 is 0 Å². The van der Waals surface area contributed by atoms with E-state index in [-0.39, 0.29) is 0 Å². The second-order valence-corrected chi connectivity index (χ2v) is 7.52. The smallest absolute Gasteiger partial charge is 0.191 e. The first-order valence-corrected chi connectivity index (χ1v) is 10.1. The molecule has 3 atom stereocenters. The Hall–Kier alpha value is -0.810. The van der Waals surface area contributed by atoms with Crippen LogP contribution in [0.5, 0.6) is 0 Å². The first-order valence-electron chi connectivity index (χ1n) is 10.1. The number of morpholine rings is 1. The highest BCUT2D eigenvalue weighted by atomic mass is 16.5. The molecule has 1 saturated carbocycles. The van der Waals surface area contributed by atoms with E-state index in [0.717, 1.165) is 57.8 Å². The predicted molar refractivity (Wildman–Crippen MR) is 102 cm³/mol. The van der Waals surface area contributed by atoms with Crippen LogP contribution in [-0.4, -0.2) is 62.8 Å². The summed E-state index contributed by atoms with van der Waals surface area (Å²) in [6, 6.07) is 0.594. The van der Waals surface area contributed by atoms with Gasteiger partial charge in [-0.2, -0.15) is 0 Å². The number of hydrogen-bond acceptors (Lipinski definition) is 3. The molecule has 0 aromatic carbocycles. The number of ether oxygens (including phenoxy) is 1. The minimum Gasteiger partial charge on any atom is -0.379 e. The van der Waals surface area contributed by atoms with Crippen LogP contribution < -0.4 is 10.6 Å². The van der Waals surface area contributed by atoms with E-state index in [1.807, 2.05) is 0 Å². The second kappa shape index (κ2) is 10.9. The normalized spacial score (nSPS) is 27.7. The minimum atomic E-state index is 0.577. The number of guanidine groups is 1. The molecule has 2 fully saturated rings. The van der Waals surface area contributed by atoms with Gasteiger partial charge in [0.1, 0.15) is 0 Å². The van der Waals surface area contributed by atoms with Crippen LogP contribution in [-0.2, 0) is 4.74 Å². The molecule has 0 radical (unpaired) electrons. The summed E-state index contributed by atoms with van der Waals surface area (Å²) in [4.78, 5) is 7.36. The Balaban J connectivity index is 1.78. The lowest BCUT2D eigenvalue weighted by molar-refractivity contribution is 0.0323. The molecular formula is C19H38N4O. The molecule has 24 heavy (non-hydrogen) atoms. The van der Waals surface area contributed by atoms with Crippen molar-refractivity contribution in [2.45, 2.75) is 58.9 Å². The molecule has 2 N–H and O–H groups in total. The van der Waals surface area contributed by atoms with Crippen molar-refractivity contribution in [3.05, 3.63) is 0 Å². The van der Waals surface area contributed by atoms with Crippen molar-refractivity contribution in [3.63, 3.8) is 0 Å². The SMILES string of the molecule is CCNC(=NCC(C)CN1CCOCC1)NC1CCCC(CC)C1. The Kier molecular flexibility index (Phi) is 8.89. The molecule has 5 heteroatoms. The lowest BCUT2D eigenvalue weighted by Crippen LogP contribution is -2.45. The van der Waals surface area contributed by atoms with Gasteiger partial charge in [-0.15, -0.1) is 0 Å². The number of nitrogens with one attached hydrogen (secondary N) is 2. The summed E-state index contributed by atoms with van der Waals surface area (Å²) in [7, 11) is 0. The van der Waals surface area contributed by atoms with Crippen LogP contribution >= 0.6 is 0 Å². The van der Waals surface area contributed by atoms with Gasteiger partial charge in [-0.3, -0.25) is 9.89 Å². The summed E-state index contributed by atoms with van der Waals surface area (Å²) in [6.45, 7) is 13.6. The Labute approximate surface area is 148 Å². The second-order valence-electron chi connectivity index (χ2n) is 7.52. The lowest BCUT2D eigenvalue weighted by Gasteiger charge is -2.30. The van der Waals surface area contributed by atoms with E-state index in [1.54, 1.807) is 0 Å². The fourth-order valence-corrected chi connectivity index (χ4v) is 3.84. The Bertz CT molecular complexity index is 368. The van der Waals surface area contributed by atoms with Gasteiger partial charge >= 0.3 is 0 Å². The number of nitrogens with zero attached hydrogens (tertiary/aromatic N) is 2. The maximum absolute atomic E-state index is 5.42. The Morgan fingerprint density at radius 3 is 2.75 bits per heavy atom. The molecule has 0 amide bonds. The summed E-state index contributed by atoms with van der Waals surface area (Å²) in [6.07, 6.45) is 6.64. The zero-order valence-electron chi connectivity index (χ0n) is 16.0. The fourth-order valence-electron chi connectivity index (χ4n) is 3.84. The van der Waals surface area contributed by atoms with Gasteiger partial charge in [0, 0.05) is 38.8 Å². The zero-order valence-corrected chi connectivity index (χ0v) is 16.0. The Morgan fingerprint density at radius 2 is 2.04 bits per heavy atom. The van der Waals surface area contributed by atoms with E-state index in [0.29, 0.717) is 12.0 Å². The average Bonchev–Trinajstić information content (AvgIpc) is 2.61. The lowest BCUT2D eigenvalue weighted by atomic mass is 9.84. The monoisotopic (exact) mass is 338 g/mol. The molecule has 5 nitrogen and oxygen atoms in total. The molecule has 1 saturated heterocycles. The highest BCUT2D eigenvalue weighted by molar-refractivity contribution is 5.80. The maximum Gasteiger partial charge on any atom is 0.191 e. The van der Waals surface area contributed by atoms with Crippen molar-refractivity contribution in [3.8, 4) is 0 Å². The number of rotatable bonds is 7. The molecule has 0 aromatic rings. The summed E-state index contributed by atoms with van der Waals surface area (Å²) in [5.41, 5.74) is 0. The van der Waals surface area contributed by atoms with Gasteiger partial charge in [-0.05, 0) is 31.6 Å². The van der Waals surface area contributed by atoms with Crippen LogP contribution in [0.3, 0.4) is 0 Å². The van der Waals surface area contributed by atoms with Crippen LogP contribution in [0.15, 0.2) is 4.99 Å². The Morgan fingerprint density at radius 1 is 1.25 bits per heavy atom. The summed E-state index contributed by atoms with van der Waals surface area (Å²) in [5.74, 6) is 2.47. The third-order valence-corrected chi connectivity index (χ3v) is 5.28. The van der Waals surface area contributed by atoms with Crippen molar-refractivity contribution >= 4 is 5.96 Å². The molecular weight excluding hydrogens is 300 g/mol. The van der Waals surface area contributed by atoms with Gasteiger partial charge in [0.25, 0.3) is 0 Å². The first kappa shape index (κ1) is 19.5. The molecule has 3 unspecified atom stereocenters. The third-order valence-electron chi connectivity index (χ3n) is 5.28. The minimum absolute atomic E-state index is 0.577. The van der Waals surface area contributed by atoms with Crippen LogP contribution in [0.1, 0.15) is 52.9 Å². The largest absolute Gasteiger partial charge is 0.379 e. The molecule has 1 heterocycles. The number of hydrogen-bond donors (Lipinski definition) is 2. The summed E-state index contributed by atoms with van der Waals surface area (Å²) in [5, 5.41) is 7.11. The predicted octanol–water partition coefficient (Wildman–Crippen LogP) is 2.48. The van der Waals surface area contributed by atoms with Gasteiger partial charge in [-0.25, -0.2) is 0 Å². The van der Waals surface area contributed by atoms with Crippen molar-refractivity contribution in [1.29, 1.82) is 0 Å². The fraction of sp³-hybridized carbons (Fsp3) is 0.947. The molecule has 0 bridgehead atoms. The van der Waals surface area contributed by atoms with Crippen LogP contribution in [0.25, 0.3) is 0 Å². The number of aliphatic imine (C=N–C) groups is 1.